The fraction of sp³-hybridized carbons (Fsp3) is 0.500. The van der Waals surface area contributed by atoms with Crippen LogP contribution in [-0.2, 0) is 6.54 Å². The summed E-state index contributed by atoms with van der Waals surface area (Å²) in [6.45, 7) is 4.85. The fourth-order valence-electron chi connectivity index (χ4n) is 2.41. The minimum absolute atomic E-state index is 0.417. The molecule has 1 atom stereocenters. The average molecular weight is 257 g/mol. The number of benzene rings is 1. The molecular weight excluding hydrogens is 238 g/mol. The highest BCUT2D eigenvalue weighted by Crippen LogP contribution is 2.18. The molecule has 19 heavy (non-hydrogen) atoms. The first-order valence-corrected chi connectivity index (χ1v) is 6.85. The summed E-state index contributed by atoms with van der Waals surface area (Å²) >= 11 is 0. The molecule has 0 amide bonds. The number of nitrogens with zero attached hydrogens (tertiary/aromatic N) is 4. The van der Waals surface area contributed by atoms with Gasteiger partial charge in [0, 0.05) is 12.5 Å². The smallest absolute Gasteiger partial charge is 0.179 e. The van der Waals surface area contributed by atoms with Gasteiger partial charge in [-0.2, -0.15) is 4.80 Å². The molecule has 2 aromatic rings. The van der Waals surface area contributed by atoms with Gasteiger partial charge in [-0.3, -0.25) is 0 Å². The van der Waals surface area contributed by atoms with Crippen LogP contribution >= 0.6 is 0 Å². The summed E-state index contributed by atoms with van der Waals surface area (Å²) in [5, 5.41) is 16.2. The fourth-order valence-corrected chi connectivity index (χ4v) is 2.41. The van der Waals surface area contributed by atoms with E-state index in [1.165, 1.54) is 17.5 Å². The standard InChI is InChI=1S/C14H19N5/c1-11-4-6-12(7-5-11)10-19-17-14(16-18-19)13-3-2-8-15-9-13/h4-7,13,15H,2-3,8-10H2,1H3. The summed E-state index contributed by atoms with van der Waals surface area (Å²) in [6, 6.07) is 8.44. The second-order valence-electron chi connectivity index (χ2n) is 5.21. The van der Waals surface area contributed by atoms with Crippen molar-refractivity contribution in [3.63, 3.8) is 0 Å². The molecule has 100 valence electrons. The zero-order valence-corrected chi connectivity index (χ0v) is 11.2. The van der Waals surface area contributed by atoms with Gasteiger partial charge < -0.3 is 5.32 Å². The van der Waals surface area contributed by atoms with Crippen LogP contribution in [0, 0.1) is 6.92 Å². The number of rotatable bonds is 3. The van der Waals surface area contributed by atoms with Gasteiger partial charge in [-0.1, -0.05) is 29.8 Å². The zero-order valence-electron chi connectivity index (χ0n) is 11.2. The van der Waals surface area contributed by atoms with E-state index in [0.717, 1.165) is 25.3 Å². The Kier molecular flexibility index (Phi) is 3.55. The number of tetrazole rings is 1. The first-order chi connectivity index (χ1) is 9.31. The molecule has 1 N–H and O–H groups in total. The second kappa shape index (κ2) is 5.48. The van der Waals surface area contributed by atoms with Gasteiger partial charge in [0.15, 0.2) is 5.82 Å². The van der Waals surface area contributed by atoms with Gasteiger partial charge in [-0.05, 0) is 37.1 Å². The van der Waals surface area contributed by atoms with E-state index in [1.807, 2.05) is 0 Å². The number of aryl methyl sites for hydroxylation is 1. The van der Waals surface area contributed by atoms with Gasteiger partial charge >= 0.3 is 0 Å². The van der Waals surface area contributed by atoms with Crippen molar-refractivity contribution in [2.45, 2.75) is 32.2 Å². The van der Waals surface area contributed by atoms with Crippen molar-refractivity contribution in [3.05, 3.63) is 41.2 Å². The Bertz CT molecular complexity index is 525. The highest BCUT2D eigenvalue weighted by molar-refractivity contribution is 5.21. The Morgan fingerprint density at radius 3 is 2.89 bits per heavy atom. The highest BCUT2D eigenvalue weighted by Gasteiger charge is 2.19. The van der Waals surface area contributed by atoms with Crippen molar-refractivity contribution in [1.29, 1.82) is 0 Å². The number of hydrogen-bond donors (Lipinski definition) is 1. The molecule has 0 saturated carbocycles. The van der Waals surface area contributed by atoms with E-state index in [1.54, 1.807) is 4.80 Å². The molecule has 0 spiro atoms. The first kappa shape index (κ1) is 12.3. The molecular formula is C14H19N5. The molecule has 5 heteroatoms. The van der Waals surface area contributed by atoms with E-state index < -0.39 is 0 Å². The lowest BCUT2D eigenvalue weighted by Gasteiger charge is -2.19. The normalized spacial score (nSPS) is 19.5. The topological polar surface area (TPSA) is 55.6 Å². The van der Waals surface area contributed by atoms with Gasteiger partial charge in [0.05, 0.1) is 6.54 Å². The lowest BCUT2D eigenvalue weighted by molar-refractivity contribution is 0.444. The van der Waals surface area contributed by atoms with Gasteiger partial charge in [-0.15, -0.1) is 10.2 Å². The molecule has 0 radical (unpaired) electrons. The van der Waals surface area contributed by atoms with Crippen molar-refractivity contribution in [2.24, 2.45) is 0 Å². The quantitative estimate of drug-likeness (QED) is 0.905. The second-order valence-corrected chi connectivity index (χ2v) is 5.21. The zero-order chi connectivity index (χ0) is 13.1. The van der Waals surface area contributed by atoms with Crippen LogP contribution in [0.25, 0.3) is 0 Å². The summed E-state index contributed by atoms with van der Waals surface area (Å²) in [7, 11) is 0. The van der Waals surface area contributed by atoms with Crippen LogP contribution in [-0.4, -0.2) is 33.3 Å². The maximum atomic E-state index is 4.51. The minimum Gasteiger partial charge on any atom is -0.316 e. The van der Waals surface area contributed by atoms with Crippen molar-refractivity contribution >= 4 is 0 Å². The molecule has 1 unspecified atom stereocenters. The van der Waals surface area contributed by atoms with Crippen LogP contribution in [0.15, 0.2) is 24.3 Å². The summed E-state index contributed by atoms with van der Waals surface area (Å²) in [5.41, 5.74) is 2.47. The predicted octanol–water partition coefficient (Wildman–Crippen LogP) is 1.50. The molecule has 1 fully saturated rings. The van der Waals surface area contributed by atoms with E-state index in [9.17, 15) is 0 Å². The van der Waals surface area contributed by atoms with Crippen molar-refractivity contribution in [1.82, 2.24) is 25.5 Å². The Labute approximate surface area is 113 Å². The summed E-state index contributed by atoms with van der Waals surface area (Å²) < 4.78 is 0. The number of piperidine rings is 1. The molecule has 3 rings (SSSR count). The Balaban J connectivity index is 1.68. The lowest BCUT2D eigenvalue weighted by atomic mass is 9.99. The molecule has 1 aliphatic heterocycles. The van der Waals surface area contributed by atoms with Crippen LogP contribution in [0.4, 0.5) is 0 Å². The summed E-state index contributed by atoms with van der Waals surface area (Å²) in [6.07, 6.45) is 2.35. The largest absolute Gasteiger partial charge is 0.316 e. The SMILES string of the molecule is Cc1ccc(Cn2nnc(C3CCCNC3)n2)cc1. The Morgan fingerprint density at radius 2 is 2.16 bits per heavy atom. The van der Waals surface area contributed by atoms with Gasteiger partial charge in [0.2, 0.25) is 0 Å². The molecule has 0 aliphatic carbocycles. The third-order valence-corrected chi connectivity index (χ3v) is 3.57. The van der Waals surface area contributed by atoms with Crippen LogP contribution in [0.5, 0.6) is 0 Å². The number of nitrogens with one attached hydrogen (secondary N) is 1. The van der Waals surface area contributed by atoms with E-state index in [-0.39, 0.29) is 0 Å². The molecule has 1 saturated heterocycles. The molecule has 1 aromatic heterocycles. The Morgan fingerprint density at radius 1 is 1.32 bits per heavy atom. The molecule has 1 aromatic carbocycles. The van der Waals surface area contributed by atoms with E-state index in [4.69, 9.17) is 0 Å². The number of hydrogen-bond acceptors (Lipinski definition) is 4. The van der Waals surface area contributed by atoms with Crippen molar-refractivity contribution < 1.29 is 0 Å². The molecule has 1 aliphatic rings. The average Bonchev–Trinajstić information content (AvgIpc) is 2.91. The third kappa shape index (κ3) is 2.98. The van der Waals surface area contributed by atoms with Crippen LogP contribution < -0.4 is 5.32 Å². The monoisotopic (exact) mass is 257 g/mol. The van der Waals surface area contributed by atoms with Crippen LogP contribution in [0.3, 0.4) is 0 Å². The molecule has 2 heterocycles. The maximum absolute atomic E-state index is 4.51. The summed E-state index contributed by atoms with van der Waals surface area (Å²) in [5.74, 6) is 1.29. The van der Waals surface area contributed by atoms with Crippen LogP contribution in [0.2, 0.25) is 0 Å². The third-order valence-electron chi connectivity index (χ3n) is 3.57. The maximum Gasteiger partial charge on any atom is 0.179 e. The van der Waals surface area contributed by atoms with E-state index in [0.29, 0.717) is 12.5 Å². The first-order valence-electron chi connectivity index (χ1n) is 6.85. The molecule has 0 bridgehead atoms. The Hall–Kier alpha value is -1.75. The van der Waals surface area contributed by atoms with E-state index >= 15 is 0 Å². The highest BCUT2D eigenvalue weighted by atomic mass is 15.6. The van der Waals surface area contributed by atoms with Gasteiger partial charge in [0.25, 0.3) is 0 Å². The van der Waals surface area contributed by atoms with E-state index in [2.05, 4.69) is 51.9 Å². The minimum atomic E-state index is 0.417. The predicted molar refractivity (Wildman–Crippen MR) is 72.9 cm³/mol. The van der Waals surface area contributed by atoms with Gasteiger partial charge in [-0.25, -0.2) is 0 Å². The van der Waals surface area contributed by atoms with Crippen molar-refractivity contribution in [2.75, 3.05) is 13.1 Å². The summed E-state index contributed by atoms with van der Waals surface area (Å²) in [4.78, 5) is 1.69. The van der Waals surface area contributed by atoms with Gasteiger partial charge in [0.1, 0.15) is 0 Å². The molecule has 5 nitrogen and oxygen atoms in total. The van der Waals surface area contributed by atoms with Crippen LogP contribution in [0.1, 0.15) is 35.7 Å². The lowest BCUT2D eigenvalue weighted by Crippen LogP contribution is -2.29. The number of aromatic nitrogens is 4. The van der Waals surface area contributed by atoms with Crippen molar-refractivity contribution in [3.8, 4) is 0 Å².